The summed E-state index contributed by atoms with van der Waals surface area (Å²) in [5, 5.41) is 15.6. The van der Waals surface area contributed by atoms with Crippen LogP contribution in [-0.2, 0) is 4.84 Å². The molecule has 2 aliphatic rings. The lowest BCUT2D eigenvalue weighted by Crippen LogP contribution is -2.49. The maximum Gasteiger partial charge on any atom is 0.129 e. The first-order valence-electron chi connectivity index (χ1n) is 9.37. The number of rotatable bonds is 6. The summed E-state index contributed by atoms with van der Waals surface area (Å²) in [6.07, 6.45) is 10.4. The van der Waals surface area contributed by atoms with Gasteiger partial charge in [-0.3, -0.25) is 4.98 Å². The zero-order valence-corrected chi connectivity index (χ0v) is 15.7. The summed E-state index contributed by atoms with van der Waals surface area (Å²) in [6, 6.07) is 4.17. The molecule has 2 saturated carbocycles. The molecule has 0 amide bonds. The molecular formula is C20H31N3O2. The van der Waals surface area contributed by atoms with Crippen LogP contribution in [0.4, 0.5) is 0 Å². The fraction of sp³-hybridized carbons (Fsp3) is 0.700. The van der Waals surface area contributed by atoms with Crippen LogP contribution in [0.5, 0.6) is 0 Å². The second kappa shape index (κ2) is 7.42. The monoisotopic (exact) mass is 345 g/mol. The molecule has 5 heteroatoms. The molecule has 0 unspecified atom stereocenters. The normalized spacial score (nSPS) is 35.2. The summed E-state index contributed by atoms with van der Waals surface area (Å²) in [6.45, 7) is 3.69. The van der Waals surface area contributed by atoms with E-state index in [2.05, 4.69) is 34.1 Å². The Balaban J connectivity index is 1.63. The Morgan fingerprint density at radius 2 is 2.08 bits per heavy atom. The van der Waals surface area contributed by atoms with Crippen molar-refractivity contribution in [2.75, 3.05) is 27.2 Å². The lowest BCUT2D eigenvalue weighted by Gasteiger charge is -2.48. The van der Waals surface area contributed by atoms with Crippen molar-refractivity contribution in [1.29, 1.82) is 0 Å². The van der Waals surface area contributed by atoms with Crippen LogP contribution in [0.1, 0.15) is 50.5 Å². The molecule has 25 heavy (non-hydrogen) atoms. The second-order valence-corrected chi connectivity index (χ2v) is 8.21. The van der Waals surface area contributed by atoms with E-state index in [1.165, 1.54) is 5.56 Å². The van der Waals surface area contributed by atoms with E-state index in [-0.39, 0.29) is 11.3 Å². The number of nitrogens with zero attached hydrogens (tertiary/aromatic N) is 3. The van der Waals surface area contributed by atoms with E-state index in [1.807, 2.05) is 32.7 Å². The van der Waals surface area contributed by atoms with Crippen LogP contribution in [-0.4, -0.2) is 54.1 Å². The van der Waals surface area contributed by atoms with Gasteiger partial charge in [0.25, 0.3) is 0 Å². The lowest BCUT2D eigenvalue weighted by molar-refractivity contribution is -0.0959. The Labute approximate surface area is 151 Å². The van der Waals surface area contributed by atoms with Gasteiger partial charge in [0.1, 0.15) is 6.61 Å². The predicted octanol–water partition coefficient (Wildman–Crippen LogP) is 3.06. The van der Waals surface area contributed by atoms with Crippen molar-refractivity contribution in [3.63, 3.8) is 0 Å². The van der Waals surface area contributed by atoms with Gasteiger partial charge in [0.2, 0.25) is 0 Å². The summed E-state index contributed by atoms with van der Waals surface area (Å²) < 4.78 is 0. The molecule has 1 aromatic heterocycles. The Hall–Kier alpha value is -1.46. The van der Waals surface area contributed by atoms with Crippen molar-refractivity contribution in [3.05, 3.63) is 30.1 Å². The van der Waals surface area contributed by atoms with Crippen molar-refractivity contribution in [2.45, 2.75) is 50.5 Å². The Morgan fingerprint density at radius 1 is 1.32 bits per heavy atom. The third-order valence-electron chi connectivity index (χ3n) is 6.47. The summed E-state index contributed by atoms with van der Waals surface area (Å²) >= 11 is 0. The van der Waals surface area contributed by atoms with Gasteiger partial charge in [0.15, 0.2) is 0 Å². The highest BCUT2D eigenvalue weighted by atomic mass is 16.6. The number of hydrogen-bond acceptors (Lipinski definition) is 5. The van der Waals surface area contributed by atoms with Crippen LogP contribution in [0.2, 0.25) is 0 Å². The summed E-state index contributed by atoms with van der Waals surface area (Å²) in [5.74, 6) is 0.711. The number of pyridine rings is 1. The maximum absolute atomic E-state index is 11.4. The molecule has 1 aromatic rings. The first kappa shape index (κ1) is 18.3. The minimum Gasteiger partial charge on any atom is -0.395 e. The highest BCUT2D eigenvalue weighted by Crippen LogP contribution is 2.60. The van der Waals surface area contributed by atoms with Gasteiger partial charge < -0.3 is 14.8 Å². The van der Waals surface area contributed by atoms with Gasteiger partial charge in [-0.2, -0.15) is 0 Å². The van der Waals surface area contributed by atoms with Crippen molar-refractivity contribution < 1.29 is 9.94 Å². The van der Waals surface area contributed by atoms with E-state index in [0.717, 1.165) is 38.6 Å². The molecule has 0 spiro atoms. The van der Waals surface area contributed by atoms with Crippen LogP contribution in [0.25, 0.3) is 0 Å². The Kier molecular flexibility index (Phi) is 5.44. The number of oxime groups is 1. The molecule has 3 rings (SSSR count). The van der Waals surface area contributed by atoms with Crippen molar-refractivity contribution >= 4 is 6.21 Å². The molecule has 2 aliphatic carbocycles. The largest absolute Gasteiger partial charge is 0.395 e. The maximum atomic E-state index is 11.4. The van der Waals surface area contributed by atoms with Gasteiger partial charge in [-0.15, -0.1) is 0 Å². The van der Waals surface area contributed by atoms with Crippen molar-refractivity contribution in [3.8, 4) is 0 Å². The van der Waals surface area contributed by atoms with Gasteiger partial charge in [0.05, 0.1) is 5.60 Å². The van der Waals surface area contributed by atoms with E-state index in [9.17, 15) is 5.11 Å². The predicted molar refractivity (Wildman–Crippen MR) is 99.6 cm³/mol. The van der Waals surface area contributed by atoms with E-state index in [1.54, 1.807) is 0 Å². The topological polar surface area (TPSA) is 58.0 Å². The van der Waals surface area contributed by atoms with Crippen LogP contribution < -0.4 is 0 Å². The number of aliphatic hydroxyl groups is 1. The number of aromatic nitrogens is 1. The number of fused-ring (bicyclic) bond motifs is 1. The Bertz CT molecular complexity index is 592. The summed E-state index contributed by atoms with van der Waals surface area (Å²) in [5.41, 5.74) is 0.583. The fourth-order valence-electron chi connectivity index (χ4n) is 4.63. The summed E-state index contributed by atoms with van der Waals surface area (Å²) in [4.78, 5) is 11.6. The van der Waals surface area contributed by atoms with Gasteiger partial charge >= 0.3 is 0 Å². The SMILES string of the molecule is CN(C)CCON=C[C@H]1CC[C@]2(O)C[C@@H](c3ccncc3)CC[C@]12C. The average molecular weight is 345 g/mol. The van der Waals surface area contributed by atoms with E-state index in [0.29, 0.717) is 12.5 Å². The molecule has 0 bridgehead atoms. The van der Waals surface area contributed by atoms with Gasteiger partial charge in [-0.25, -0.2) is 0 Å². The van der Waals surface area contributed by atoms with Gasteiger partial charge in [-0.05, 0) is 69.8 Å². The fourth-order valence-corrected chi connectivity index (χ4v) is 4.63. The molecular weight excluding hydrogens is 314 g/mol. The zero-order chi connectivity index (χ0) is 17.9. The first-order chi connectivity index (χ1) is 11.9. The molecule has 5 nitrogen and oxygen atoms in total. The highest BCUT2D eigenvalue weighted by Gasteiger charge is 2.58. The summed E-state index contributed by atoms with van der Waals surface area (Å²) in [7, 11) is 4.04. The minimum atomic E-state index is -0.612. The Morgan fingerprint density at radius 3 is 2.80 bits per heavy atom. The molecule has 0 saturated heterocycles. The zero-order valence-electron chi connectivity index (χ0n) is 15.7. The van der Waals surface area contributed by atoms with E-state index < -0.39 is 5.60 Å². The van der Waals surface area contributed by atoms with E-state index in [4.69, 9.17) is 4.84 Å². The van der Waals surface area contributed by atoms with Crippen molar-refractivity contribution in [2.24, 2.45) is 16.5 Å². The highest BCUT2D eigenvalue weighted by molar-refractivity contribution is 5.62. The lowest BCUT2D eigenvalue weighted by atomic mass is 9.59. The molecule has 0 aromatic carbocycles. The standard InChI is InChI=1S/C20H31N3O2/c1-19-8-4-17(16-6-10-21-11-7-16)14-20(19,24)9-5-18(19)15-22-25-13-12-23(2)3/h6-7,10-11,15,17-18,24H,4-5,8-9,12-14H2,1-3H3/t17-,18+,19+,20-/m0/s1. The second-order valence-electron chi connectivity index (χ2n) is 8.21. The number of hydrogen-bond donors (Lipinski definition) is 1. The smallest absolute Gasteiger partial charge is 0.129 e. The van der Waals surface area contributed by atoms with Crippen LogP contribution in [0, 0.1) is 11.3 Å². The van der Waals surface area contributed by atoms with Gasteiger partial charge in [-0.1, -0.05) is 12.1 Å². The molecule has 1 heterocycles. The van der Waals surface area contributed by atoms with Crippen molar-refractivity contribution in [1.82, 2.24) is 9.88 Å². The molecule has 2 fully saturated rings. The van der Waals surface area contributed by atoms with Crippen LogP contribution in [0.15, 0.2) is 29.7 Å². The molecule has 138 valence electrons. The first-order valence-corrected chi connectivity index (χ1v) is 9.37. The van der Waals surface area contributed by atoms with Gasteiger partial charge in [0, 0.05) is 36.5 Å². The van der Waals surface area contributed by atoms with Crippen LogP contribution >= 0.6 is 0 Å². The molecule has 1 N–H and O–H groups in total. The van der Waals surface area contributed by atoms with Crippen LogP contribution in [0.3, 0.4) is 0 Å². The average Bonchev–Trinajstić information content (AvgIpc) is 2.86. The van der Waals surface area contributed by atoms with E-state index >= 15 is 0 Å². The third kappa shape index (κ3) is 3.72. The molecule has 0 radical (unpaired) electrons. The third-order valence-corrected chi connectivity index (χ3v) is 6.47. The molecule has 4 atom stereocenters. The number of likely N-dealkylation sites (N-methyl/N-ethyl adjacent to an activating group) is 1. The quantitative estimate of drug-likeness (QED) is 0.489. The minimum absolute atomic E-state index is 0.106. The molecule has 0 aliphatic heterocycles.